The predicted octanol–water partition coefficient (Wildman–Crippen LogP) is 3.05. The number of nitrogens with zero attached hydrogens (tertiary/aromatic N) is 4. The summed E-state index contributed by atoms with van der Waals surface area (Å²) in [4.78, 5) is 28.9. The number of rotatable bonds is 8. The number of aromatic carboxylic acids is 1. The van der Waals surface area contributed by atoms with Crippen LogP contribution in [0.15, 0.2) is 18.2 Å². The zero-order valence-corrected chi connectivity index (χ0v) is 15.5. The Labute approximate surface area is 157 Å². The van der Waals surface area contributed by atoms with Crippen LogP contribution >= 0.6 is 0 Å². The maximum absolute atomic E-state index is 11.2. The molecule has 2 atom stereocenters. The van der Waals surface area contributed by atoms with Gasteiger partial charge in [0.05, 0.1) is 0 Å². The highest BCUT2D eigenvalue weighted by molar-refractivity contribution is 5.85. The van der Waals surface area contributed by atoms with Gasteiger partial charge in [-0.05, 0) is 63.5 Å². The topological polar surface area (TPSA) is 113 Å². The third kappa shape index (κ3) is 4.32. The second kappa shape index (κ2) is 7.09. The standard InChI is InChI=1S/C19H24N6O2/c1-10(12-6-7-12)20-18-23-16(14-4-3-5-15(22-14)17(26)27)24-19(25-18)21-11(2)13-8-9-13/h3-5,10-13H,6-9H2,1-2H3,(H,26,27)(H2,20,21,23,24,25)/t10-,11?/m1/s1. The molecule has 27 heavy (non-hydrogen) atoms. The molecule has 0 aromatic carbocycles. The molecule has 0 bridgehead atoms. The van der Waals surface area contributed by atoms with Gasteiger partial charge in [-0.15, -0.1) is 0 Å². The minimum absolute atomic E-state index is 0.0328. The summed E-state index contributed by atoms with van der Waals surface area (Å²) in [6.07, 6.45) is 4.88. The molecule has 2 fully saturated rings. The summed E-state index contributed by atoms with van der Waals surface area (Å²) in [7, 11) is 0. The first-order valence-corrected chi connectivity index (χ1v) is 9.49. The van der Waals surface area contributed by atoms with E-state index in [2.05, 4.69) is 44.4 Å². The first-order valence-electron chi connectivity index (χ1n) is 9.49. The second-order valence-electron chi connectivity index (χ2n) is 7.56. The minimum atomic E-state index is -1.08. The summed E-state index contributed by atoms with van der Waals surface area (Å²) >= 11 is 0. The van der Waals surface area contributed by atoms with E-state index in [0.717, 1.165) is 0 Å². The van der Waals surface area contributed by atoms with E-state index in [4.69, 9.17) is 0 Å². The van der Waals surface area contributed by atoms with E-state index >= 15 is 0 Å². The van der Waals surface area contributed by atoms with Crippen LogP contribution in [0.25, 0.3) is 11.5 Å². The fraction of sp³-hybridized carbons (Fsp3) is 0.526. The molecule has 0 saturated heterocycles. The number of hydrogen-bond donors (Lipinski definition) is 3. The zero-order valence-electron chi connectivity index (χ0n) is 15.5. The highest BCUT2D eigenvalue weighted by atomic mass is 16.4. The van der Waals surface area contributed by atoms with Crippen LogP contribution in [0.3, 0.4) is 0 Å². The molecule has 0 amide bonds. The fourth-order valence-corrected chi connectivity index (χ4v) is 3.13. The number of carboxylic acids is 1. The normalized spacial score (nSPS) is 18.6. The van der Waals surface area contributed by atoms with Crippen molar-refractivity contribution in [1.29, 1.82) is 0 Å². The second-order valence-corrected chi connectivity index (χ2v) is 7.56. The number of aromatic nitrogens is 4. The summed E-state index contributed by atoms with van der Waals surface area (Å²) in [5.41, 5.74) is 0.385. The molecule has 0 spiro atoms. The third-order valence-corrected chi connectivity index (χ3v) is 5.20. The van der Waals surface area contributed by atoms with Crippen molar-refractivity contribution < 1.29 is 9.90 Å². The number of carboxylic acid groups (broad SMARTS) is 1. The summed E-state index contributed by atoms with van der Waals surface area (Å²) in [6, 6.07) is 5.38. The Balaban J connectivity index is 1.65. The number of hydrogen-bond acceptors (Lipinski definition) is 7. The van der Waals surface area contributed by atoms with Gasteiger partial charge in [-0.3, -0.25) is 0 Å². The molecule has 3 N–H and O–H groups in total. The van der Waals surface area contributed by atoms with E-state index in [1.165, 1.54) is 31.7 Å². The van der Waals surface area contributed by atoms with Gasteiger partial charge < -0.3 is 15.7 Å². The van der Waals surface area contributed by atoms with Gasteiger partial charge in [0.15, 0.2) is 5.82 Å². The Morgan fingerprint density at radius 2 is 1.52 bits per heavy atom. The molecule has 0 radical (unpaired) electrons. The lowest BCUT2D eigenvalue weighted by molar-refractivity contribution is 0.0690. The lowest BCUT2D eigenvalue weighted by Gasteiger charge is -2.17. The molecule has 2 heterocycles. The Kier molecular flexibility index (Phi) is 4.63. The number of carbonyl (C=O) groups is 1. The van der Waals surface area contributed by atoms with Crippen LogP contribution in [0.5, 0.6) is 0 Å². The first kappa shape index (κ1) is 17.6. The van der Waals surface area contributed by atoms with Crippen molar-refractivity contribution in [3.63, 3.8) is 0 Å². The first-order chi connectivity index (χ1) is 13.0. The van der Waals surface area contributed by atoms with Gasteiger partial charge in [-0.2, -0.15) is 15.0 Å². The minimum Gasteiger partial charge on any atom is -0.477 e. The van der Waals surface area contributed by atoms with E-state index in [-0.39, 0.29) is 17.8 Å². The van der Waals surface area contributed by atoms with Gasteiger partial charge >= 0.3 is 5.97 Å². The SMILES string of the molecule is CC(Nc1nc(N[C@H](C)C2CC2)nc(-c2cccc(C(=O)O)n2)n1)C1CC1. The highest BCUT2D eigenvalue weighted by Gasteiger charge is 2.30. The lowest BCUT2D eigenvalue weighted by atomic mass is 10.2. The molecule has 2 aliphatic carbocycles. The van der Waals surface area contributed by atoms with Gasteiger partial charge in [0.2, 0.25) is 11.9 Å². The molecule has 2 aliphatic rings. The maximum Gasteiger partial charge on any atom is 0.354 e. The molecular formula is C19H24N6O2. The van der Waals surface area contributed by atoms with Crippen LogP contribution in [-0.4, -0.2) is 43.1 Å². The van der Waals surface area contributed by atoms with Gasteiger partial charge in [0.1, 0.15) is 11.4 Å². The number of anilines is 2. The third-order valence-electron chi connectivity index (χ3n) is 5.20. The zero-order chi connectivity index (χ0) is 19.0. The maximum atomic E-state index is 11.2. The monoisotopic (exact) mass is 368 g/mol. The van der Waals surface area contributed by atoms with Crippen LogP contribution in [-0.2, 0) is 0 Å². The van der Waals surface area contributed by atoms with Gasteiger partial charge in [0.25, 0.3) is 0 Å². The summed E-state index contributed by atoms with van der Waals surface area (Å²) in [5, 5.41) is 15.9. The fourth-order valence-electron chi connectivity index (χ4n) is 3.13. The quantitative estimate of drug-likeness (QED) is 0.651. The van der Waals surface area contributed by atoms with Crippen LogP contribution in [0.2, 0.25) is 0 Å². The predicted molar refractivity (Wildman–Crippen MR) is 102 cm³/mol. The van der Waals surface area contributed by atoms with Crippen molar-refractivity contribution in [3.8, 4) is 11.5 Å². The molecule has 2 aromatic rings. The average molecular weight is 368 g/mol. The average Bonchev–Trinajstić information content (AvgIpc) is 3.54. The van der Waals surface area contributed by atoms with Crippen molar-refractivity contribution in [2.45, 2.75) is 51.6 Å². The summed E-state index contributed by atoms with van der Waals surface area (Å²) in [5.74, 6) is 1.58. The molecule has 0 aliphatic heterocycles. The van der Waals surface area contributed by atoms with Crippen molar-refractivity contribution in [1.82, 2.24) is 19.9 Å². The number of pyridine rings is 1. The van der Waals surface area contributed by atoms with Crippen molar-refractivity contribution >= 4 is 17.9 Å². The van der Waals surface area contributed by atoms with Gasteiger partial charge in [-0.1, -0.05) is 6.07 Å². The summed E-state index contributed by atoms with van der Waals surface area (Å²) in [6.45, 7) is 4.26. The molecule has 4 rings (SSSR count). The largest absolute Gasteiger partial charge is 0.477 e. The Hall–Kier alpha value is -2.77. The smallest absolute Gasteiger partial charge is 0.354 e. The van der Waals surface area contributed by atoms with Crippen LogP contribution < -0.4 is 10.6 Å². The Bertz CT molecular complexity index is 812. The highest BCUT2D eigenvalue weighted by Crippen LogP contribution is 2.35. The lowest BCUT2D eigenvalue weighted by Crippen LogP contribution is -2.23. The molecule has 8 heteroatoms. The van der Waals surface area contributed by atoms with E-state index < -0.39 is 5.97 Å². The van der Waals surface area contributed by atoms with Crippen molar-refractivity contribution in [3.05, 3.63) is 23.9 Å². The van der Waals surface area contributed by atoms with Crippen molar-refractivity contribution in [2.24, 2.45) is 11.8 Å². The molecular weight excluding hydrogens is 344 g/mol. The molecule has 2 aromatic heterocycles. The Morgan fingerprint density at radius 1 is 0.963 bits per heavy atom. The Morgan fingerprint density at radius 3 is 2.00 bits per heavy atom. The van der Waals surface area contributed by atoms with E-state index in [1.54, 1.807) is 12.1 Å². The van der Waals surface area contributed by atoms with Crippen LogP contribution in [0.4, 0.5) is 11.9 Å². The van der Waals surface area contributed by atoms with Crippen molar-refractivity contribution in [2.75, 3.05) is 10.6 Å². The number of nitrogens with one attached hydrogen (secondary N) is 2. The van der Waals surface area contributed by atoms with Gasteiger partial charge in [-0.25, -0.2) is 9.78 Å². The van der Waals surface area contributed by atoms with E-state index in [1.807, 2.05) is 0 Å². The summed E-state index contributed by atoms with van der Waals surface area (Å²) < 4.78 is 0. The molecule has 1 unspecified atom stereocenters. The van der Waals surface area contributed by atoms with E-state index in [9.17, 15) is 9.90 Å². The van der Waals surface area contributed by atoms with Crippen LogP contribution in [0.1, 0.15) is 50.0 Å². The van der Waals surface area contributed by atoms with Crippen LogP contribution in [0, 0.1) is 11.8 Å². The molecule has 2 saturated carbocycles. The molecule has 142 valence electrons. The van der Waals surface area contributed by atoms with Gasteiger partial charge in [0, 0.05) is 12.1 Å². The van der Waals surface area contributed by atoms with E-state index in [0.29, 0.717) is 35.3 Å². The molecule has 8 nitrogen and oxygen atoms in total.